The van der Waals surface area contributed by atoms with E-state index in [1.54, 1.807) is 25.1 Å². The van der Waals surface area contributed by atoms with E-state index in [4.69, 9.17) is 0 Å². The number of nitrogens with one attached hydrogen (secondary N) is 1. The molecule has 0 spiro atoms. The second kappa shape index (κ2) is 5.38. The van der Waals surface area contributed by atoms with Crippen LogP contribution in [0.15, 0.2) is 29.2 Å². The summed E-state index contributed by atoms with van der Waals surface area (Å²) < 4.78 is 26.8. The number of aryl methyl sites for hydroxylation is 1. The van der Waals surface area contributed by atoms with Crippen molar-refractivity contribution in [3.05, 3.63) is 29.8 Å². The molecule has 0 aromatic heterocycles. The first-order chi connectivity index (χ1) is 8.50. The molecule has 0 bridgehead atoms. The maximum Gasteiger partial charge on any atom is 0.240 e. The van der Waals surface area contributed by atoms with E-state index in [-0.39, 0.29) is 12.0 Å². The van der Waals surface area contributed by atoms with Gasteiger partial charge in [-0.2, -0.15) is 0 Å². The SMILES string of the molecule is Cc1ccccc1S(=O)(=O)NCC1CCCC1O. The van der Waals surface area contributed by atoms with Gasteiger partial charge in [0.15, 0.2) is 0 Å². The summed E-state index contributed by atoms with van der Waals surface area (Å²) in [6, 6.07) is 6.91. The van der Waals surface area contributed by atoms with Crippen LogP contribution in [0, 0.1) is 12.8 Å². The molecule has 0 radical (unpaired) electrons. The fraction of sp³-hybridized carbons (Fsp3) is 0.538. The predicted molar refractivity (Wildman–Crippen MR) is 69.7 cm³/mol. The second-order valence-electron chi connectivity index (χ2n) is 4.88. The van der Waals surface area contributed by atoms with Crippen molar-refractivity contribution in [1.82, 2.24) is 4.72 Å². The molecule has 5 heteroatoms. The molecular weight excluding hydrogens is 250 g/mol. The molecule has 2 unspecified atom stereocenters. The zero-order chi connectivity index (χ0) is 13.2. The second-order valence-corrected chi connectivity index (χ2v) is 6.61. The lowest BCUT2D eigenvalue weighted by atomic mass is 10.1. The average Bonchev–Trinajstić information content (AvgIpc) is 2.73. The molecule has 4 nitrogen and oxygen atoms in total. The van der Waals surface area contributed by atoms with Crippen molar-refractivity contribution in [2.24, 2.45) is 5.92 Å². The van der Waals surface area contributed by atoms with Crippen LogP contribution >= 0.6 is 0 Å². The fourth-order valence-corrected chi connectivity index (χ4v) is 3.75. The maximum atomic E-state index is 12.1. The zero-order valence-electron chi connectivity index (χ0n) is 10.5. The molecule has 2 rings (SSSR count). The van der Waals surface area contributed by atoms with Gasteiger partial charge in [-0.05, 0) is 37.3 Å². The van der Waals surface area contributed by atoms with Crippen LogP contribution in [0.4, 0.5) is 0 Å². The van der Waals surface area contributed by atoms with Crippen molar-refractivity contribution in [3.8, 4) is 0 Å². The molecule has 0 aliphatic heterocycles. The van der Waals surface area contributed by atoms with Gasteiger partial charge in [-0.15, -0.1) is 0 Å². The van der Waals surface area contributed by atoms with Gasteiger partial charge in [0, 0.05) is 6.54 Å². The molecule has 1 fully saturated rings. The van der Waals surface area contributed by atoms with Crippen LogP contribution in [-0.2, 0) is 10.0 Å². The van der Waals surface area contributed by atoms with Gasteiger partial charge >= 0.3 is 0 Å². The van der Waals surface area contributed by atoms with Crippen molar-refractivity contribution < 1.29 is 13.5 Å². The lowest BCUT2D eigenvalue weighted by Crippen LogP contribution is -2.32. The first-order valence-electron chi connectivity index (χ1n) is 6.24. The Balaban J connectivity index is 2.06. The minimum atomic E-state index is -3.46. The summed E-state index contributed by atoms with van der Waals surface area (Å²) in [5.74, 6) is 0.0452. The summed E-state index contributed by atoms with van der Waals surface area (Å²) in [5, 5.41) is 9.68. The largest absolute Gasteiger partial charge is 0.393 e. The Labute approximate surface area is 108 Å². The Morgan fingerprint density at radius 1 is 1.33 bits per heavy atom. The van der Waals surface area contributed by atoms with Gasteiger partial charge in [0.05, 0.1) is 11.0 Å². The zero-order valence-corrected chi connectivity index (χ0v) is 11.3. The minimum absolute atomic E-state index is 0.0452. The quantitative estimate of drug-likeness (QED) is 0.869. The van der Waals surface area contributed by atoms with E-state index in [9.17, 15) is 13.5 Å². The van der Waals surface area contributed by atoms with Gasteiger partial charge in [0.2, 0.25) is 10.0 Å². The highest BCUT2D eigenvalue weighted by Crippen LogP contribution is 2.25. The molecule has 0 heterocycles. The number of aliphatic hydroxyl groups excluding tert-OH is 1. The number of hydrogen-bond donors (Lipinski definition) is 2. The average molecular weight is 269 g/mol. The molecule has 2 N–H and O–H groups in total. The monoisotopic (exact) mass is 269 g/mol. The molecule has 1 aliphatic carbocycles. The van der Waals surface area contributed by atoms with Crippen molar-refractivity contribution >= 4 is 10.0 Å². The van der Waals surface area contributed by atoms with Crippen LogP contribution in [0.2, 0.25) is 0 Å². The van der Waals surface area contributed by atoms with E-state index in [0.717, 1.165) is 24.8 Å². The smallest absolute Gasteiger partial charge is 0.240 e. The van der Waals surface area contributed by atoms with Gasteiger partial charge in [-0.1, -0.05) is 24.6 Å². The first kappa shape index (κ1) is 13.5. The summed E-state index contributed by atoms with van der Waals surface area (Å²) in [6.07, 6.45) is 2.26. The van der Waals surface area contributed by atoms with Gasteiger partial charge in [-0.3, -0.25) is 0 Å². The molecule has 2 atom stereocenters. The number of sulfonamides is 1. The van der Waals surface area contributed by atoms with Crippen LogP contribution < -0.4 is 4.72 Å². The van der Waals surface area contributed by atoms with E-state index in [2.05, 4.69) is 4.72 Å². The summed E-state index contributed by atoms with van der Waals surface area (Å²) in [5.41, 5.74) is 0.733. The van der Waals surface area contributed by atoms with Crippen LogP contribution in [0.3, 0.4) is 0 Å². The summed E-state index contributed by atoms with van der Waals surface area (Å²) in [4.78, 5) is 0.317. The molecular formula is C13H19NO3S. The molecule has 0 amide bonds. The summed E-state index contributed by atoms with van der Waals surface area (Å²) in [7, 11) is -3.46. The molecule has 0 saturated heterocycles. The van der Waals surface area contributed by atoms with Crippen molar-refractivity contribution in [2.75, 3.05) is 6.54 Å². The molecule has 1 aromatic rings. The molecule has 1 aromatic carbocycles. The van der Waals surface area contributed by atoms with Crippen molar-refractivity contribution in [3.63, 3.8) is 0 Å². The van der Waals surface area contributed by atoms with Gasteiger partial charge in [-0.25, -0.2) is 13.1 Å². The van der Waals surface area contributed by atoms with Gasteiger partial charge < -0.3 is 5.11 Å². The normalized spacial score (nSPS) is 24.3. The molecule has 1 aliphatic rings. The highest BCUT2D eigenvalue weighted by molar-refractivity contribution is 7.89. The number of aliphatic hydroxyl groups is 1. The topological polar surface area (TPSA) is 66.4 Å². The number of benzene rings is 1. The highest BCUT2D eigenvalue weighted by atomic mass is 32.2. The first-order valence-corrected chi connectivity index (χ1v) is 7.72. The Kier molecular flexibility index (Phi) is 4.04. The Hall–Kier alpha value is -0.910. The summed E-state index contributed by atoms with van der Waals surface area (Å²) >= 11 is 0. The third-order valence-electron chi connectivity index (χ3n) is 3.54. The third-order valence-corrected chi connectivity index (χ3v) is 5.12. The summed E-state index contributed by atoms with van der Waals surface area (Å²) in [6.45, 7) is 2.09. The standard InChI is InChI=1S/C13H19NO3S/c1-10-5-2-3-8-13(10)18(16,17)14-9-11-6-4-7-12(11)15/h2-3,5,8,11-12,14-15H,4,6-7,9H2,1H3. The Morgan fingerprint density at radius 3 is 2.67 bits per heavy atom. The van der Waals surface area contributed by atoms with E-state index < -0.39 is 10.0 Å². The van der Waals surface area contributed by atoms with Crippen molar-refractivity contribution in [2.45, 2.75) is 37.2 Å². The van der Waals surface area contributed by atoms with Crippen LogP contribution in [0.5, 0.6) is 0 Å². The Bertz CT molecular complexity index is 513. The van der Waals surface area contributed by atoms with Crippen LogP contribution in [0.1, 0.15) is 24.8 Å². The minimum Gasteiger partial charge on any atom is -0.393 e. The van der Waals surface area contributed by atoms with Gasteiger partial charge in [0.1, 0.15) is 0 Å². The fourth-order valence-electron chi connectivity index (χ4n) is 2.41. The van der Waals surface area contributed by atoms with E-state index in [1.807, 2.05) is 6.07 Å². The highest BCUT2D eigenvalue weighted by Gasteiger charge is 2.27. The third kappa shape index (κ3) is 2.91. The van der Waals surface area contributed by atoms with Crippen molar-refractivity contribution in [1.29, 1.82) is 0 Å². The molecule has 100 valence electrons. The van der Waals surface area contributed by atoms with Gasteiger partial charge in [0.25, 0.3) is 0 Å². The molecule has 18 heavy (non-hydrogen) atoms. The lowest BCUT2D eigenvalue weighted by Gasteiger charge is -2.15. The number of rotatable bonds is 4. The number of hydrogen-bond acceptors (Lipinski definition) is 3. The maximum absolute atomic E-state index is 12.1. The van der Waals surface area contributed by atoms with E-state index in [0.29, 0.717) is 11.4 Å². The van der Waals surface area contributed by atoms with E-state index in [1.165, 1.54) is 0 Å². The predicted octanol–water partition coefficient (Wildman–Crippen LogP) is 1.43. The van der Waals surface area contributed by atoms with Crippen LogP contribution in [-0.4, -0.2) is 26.2 Å². The Morgan fingerprint density at radius 2 is 2.06 bits per heavy atom. The molecule has 1 saturated carbocycles. The van der Waals surface area contributed by atoms with E-state index >= 15 is 0 Å². The van der Waals surface area contributed by atoms with Crippen LogP contribution in [0.25, 0.3) is 0 Å². The lowest BCUT2D eigenvalue weighted by molar-refractivity contribution is 0.134.